The monoisotopic (exact) mass is 250 g/mol. The molecule has 3 rings (SSSR count). The lowest BCUT2D eigenvalue weighted by atomic mass is 10.1. The highest BCUT2D eigenvalue weighted by atomic mass is 16.5. The zero-order valence-electron chi connectivity index (χ0n) is 10.3. The summed E-state index contributed by atoms with van der Waals surface area (Å²) < 4.78 is 11.2. The average molecular weight is 250 g/mol. The molecule has 6 heteroatoms. The second kappa shape index (κ2) is 5.07. The highest BCUT2D eigenvalue weighted by molar-refractivity contribution is 5.38. The molecule has 3 N–H and O–H groups in total. The molecule has 6 nitrogen and oxygen atoms in total. The number of anilines is 1. The van der Waals surface area contributed by atoms with Crippen LogP contribution in [-0.4, -0.2) is 29.3 Å². The van der Waals surface area contributed by atoms with Crippen LogP contribution in [0.1, 0.15) is 37.4 Å². The highest BCUT2D eigenvalue weighted by Gasteiger charge is 2.28. The number of rotatable bonds is 4. The fourth-order valence-corrected chi connectivity index (χ4v) is 2.07. The number of hydrogen-bond acceptors (Lipinski definition) is 6. The third-order valence-corrected chi connectivity index (χ3v) is 3.27. The summed E-state index contributed by atoms with van der Waals surface area (Å²) in [7, 11) is 0. The van der Waals surface area contributed by atoms with Gasteiger partial charge in [-0.25, -0.2) is 10.8 Å². The minimum atomic E-state index is 0.186. The molecule has 0 radical (unpaired) electrons. The zero-order chi connectivity index (χ0) is 12.4. The van der Waals surface area contributed by atoms with Crippen molar-refractivity contribution in [2.24, 2.45) is 5.84 Å². The molecule has 1 aliphatic carbocycles. The van der Waals surface area contributed by atoms with Crippen LogP contribution in [0.3, 0.4) is 0 Å². The first-order valence-corrected chi connectivity index (χ1v) is 6.45. The van der Waals surface area contributed by atoms with Gasteiger partial charge < -0.3 is 14.9 Å². The van der Waals surface area contributed by atoms with Gasteiger partial charge in [0.2, 0.25) is 5.88 Å². The van der Waals surface area contributed by atoms with Crippen LogP contribution in [0.15, 0.2) is 6.07 Å². The molecule has 1 saturated heterocycles. The number of nitrogen functional groups attached to an aromatic ring is 1. The van der Waals surface area contributed by atoms with Crippen molar-refractivity contribution in [3.8, 4) is 5.88 Å². The Morgan fingerprint density at radius 1 is 1.22 bits per heavy atom. The summed E-state index contributed by atoms with van der Waals surface area (Å²) in [4.78, 5) is 8.82. The molecule has 0 spiro atoms. The summed E-state index contributed by atoms with van der Waals surface area (Å²) in [6.07, 6.45) is 4.32. The lowest BCUT2D eigenvalue weighted by molar-refractivity contribution is 0.0236. The van der Waals surface area contributed by atoms with E-state index in [2.05, 4.69) is 15.4 Å². The van der Waals surface area contributed by atoms with Crippen LogP contribution in [0.4, 0.5) is 5.82 Å². The first kappa shape index (κ1) is 11.7. The number of aromatic nitrogens is 2. The lowest BCUT2D eigenvalue weighted by Gasteiger charge is -2.23. The Labute approximate surface area is 106 Å². The molecule has 98 valence electrons. The van der Waals surface area contributed by atoms with E-state index >= 15 is 0 Å². The van der Waals surface area contributed by atoms with Gasteiger partial charge in [-0.1, -0.05) is 0 Å². The van der Waals surface area contributed by atoms with Gasteiger partial charge in [-0.15, -0.1) is 0 Å². The minimum absolute atomic E-state index is 0.186. The van der Waals surface area contributed by atoms with E-state index in [1.807, 2.05) is 0 Å². The van der Waals surface area contributed by atoms with Crippen molar-refractivity contribution < 1.29 is 9.47 Å². The number of nitrogens with zero attached hydrogens (tertiary/aromatic N) is 2. The van der Waals surface area contributed by atoms with Crippen LogP contribution in [0, 0.1) is 0 Å². The summed E-state index contributed by atoms with van der Waals surface area (Å²) >= 11 is 0. The normalized spacial score (nSPS) is 20.7. The Bertz CT molecular complexity index is 417. The molecule has 0 aromatic carbocycles. The van der Waals surface area contributed by atoms with Crippen LogP contribution in [0.5, 0.6) is 5.88 Å². The molecule has 2 aliphatic rings. The van der Waals surface area contributed by atoms with Gasteiger partial charge in [-0.05, 0) is 12.8 Å². The largest absolute Gasteiger partial charge is 0.474 e. The molecule has 0 amide bonds. The van der Waals surface area contributed by atoms with E-state index in [9.17, 15) is 0 Å². The van der Waals surface area contributed by atoms with Gasteiger partial charge >= 0.3 is 0 Å². The van der Waals surface area contributed by atoms with E-state index in [4.69, 9.17) is 15.3 Å². The summed E-state index contributed by atoms with van der Waals surface area (Å²) in [6, 6.07) is 1.75. The maximum Gasteiger partial charge on any atom is 0.219 e. The number of ether oxygens (including phenoxy) is 2. The smallest absolute Gasteiger partial charge is 0.219 e. The van der Waals surface area contributed by atoms with Gasteiger partial charge in [0.25, 0.3) is 0 Å². The van der Waals surface area contributed by atoms with Crippen LogP contribution in [0.2, 0.25) is 0 Å². The molecule has 1 aromatic rings. The van der Waals surface area contributed by atoms with E-state index < -0.39 is 0 Å². The summed E-state index contributed by atoms with van der Waals surface area (Å²) in [5.74, 6) is 7.98. The molecule has 0 bridgehead atoms. The summed E-state index contributed by atoms with van der Waals surface area (Å²) in [5.41, 5.74) is 2.57. The fourth-order valence-electron chi connectivity index (χ4n) is 2.07. The van der Waals surface area contributed by atoms with Crippen molar-refractivity contribution in [1.82, 2.24) is 9.97 Å². The topological polar surface area (TPSA) is 82.3 Å². The van der Waals surface area contributed by atoms with E-state index in [1.165, 1.54) is 0 Å². The van der Waals surface area contributed by atoms with Gasteiger partial charge in [-0.2, -0.15) is 4.98 Å². The van der Waals surface area contributed by atoms with Crippen molar-refractivity contribution >= 4 is 5.82 Å². The van der Waals surface area contributed by atoms with Crippen molar-refractivity contribution in [3.05, 3.63) is 11.9 Å². The van der Waals surface area contributed by atoms with E-state index in [0.717, 1.165) is 44.7 Å². The zero-order valence-corrected chi connectivity index (χ0v) is 10.3. The molecule has 1 saturated carbocycles. The highest BCUT2D eigenvalue weighted by Crippen LogP contribution is 2.39. The molecular weight excluding hydrogens is 232 g/mol. The van der Waals surface area contributed by atoms with Crippen LogP contribution in [-0.2, 0) is 4.74 Å². The van der Waals surface area contributed by atoms with Crippen LogP contribution < -0.4 is 16.0 Å². The van der Waals surface area contributed by atoms with Crippen molar-refractivity contribution in [2.75, 3.05) is 18.6 Å². The molecule has 1 aromatic heterocycles. The molecule has 2 heterocycles. The van der Waals surface area contributed by atoms with Crippen LogP contribution >= 0.6 is 0 Å². The number of nitrogens with two attached hydrogens (primary N) is 1. The predicted octanol–water partition coefficient (Wildman–Crippen LogP) is 1.20. The third-order valence-electron chi connectivity index (χ3n) is 3.27. The predicted molar refractivity (Wildman–Crippen MR) is 66.3 cm³/mol. The van der Waals surface area contributed by atoms with E-state index in [-0.39, 0.29) is 6.10 Å². The summed E-state index contributed by atoms with van der Waals surface area (Å²) in [5, 5.41) is 0. The van der Waals surface area contributed by atoms with Gasteiger partial charge in [-0.3, -0.25) is 0 Å². The van der Waals surface area contributed by atoms with Crippen molar-refractivity contribution in [2.45, 2.75) is 37.7 Å². The molecule has 2 fully saturated rings. The Kier molecular flexibility index (Phi) is 3.29. The first-order chi connectivity index (χ1) is 8.85. The number of nitrogens with one attached hydrogen (secondary N) is 1. The number of hydrogen-bond donors (Lipinski definition) is 2. The second-order valence-corrected chi connectivity index (χ2v) is 4.80. The Morgan fingerprint density at radius 2 is 2.00 bits per heavy atom. The third kappa shape index (κ3) is 2.70. The first-order valence-electron chi connectivity index (χ1n) is 6.45. The standard InChI is InChI=1S/C12H18N4O2/c13-16-10-7-11(15-12(14-10)8-1-2-8)18-9-3-5-17-6-4-9/h7-9H,1-6,13H2,(H,14,15,16). The van der Waals surface area contributed by atoms with Crippen molar-refractivity contribution in [3.63, 3.8) is 0 Å². The molecular formula is C12H18N4O2. The molecule has 1 aliphatic heterocycles. The Hall–Kier alpha value is -1.40. The van der Waals surface area contributed by atoms with Crippen molar-refractivity contribution in [1.29, 1.82) is 0 Å². The molecule has 0 atom stereocenters. The van der Waals surface area contributed by atoms with Gasteiger partial charge in [0.15, 0.2) is 0 Å². The van der Waals surface area contributed by atoms with Crippen LogP contribution in [0.25, 0.3) is 0 Å². The SMILES string of the molecule is NNc1cc(OC2CCOCC2)nc(C2CC2)n1. The van der Waals surface area contributed by atoms with E-state index in [1.54, 1.807) is 6.07 Å². The van der Waals surface area contributed by atoms with Gasteiger partial charge in [0.05, 0.1) is 13.2 Å². The Balaban J connectivity index is 1.74. The Morgan fingerprint density at radius 3 is 2.67 bits per heavy atom. The maximum absolute atomic E-state index is 5.89. The second-order valence-electron chi connectivity index (χ2n) is 4.80. The van der Waals surface area contributed by atoms with E-state index in [0.29, 0.717) is 17.6 Å². The lowest BCUT2D eigenvalue weighted by Crippen LogP contribution is -2.26. The number of hydrazine groups is 1. The summed E-state index contributed by atoms with van der Waals surface area (Å²) in [6.45, 7) is 1.51. The van der Waals surface area contributed by atoms with Gasteiger partial charge in [0, 0.05) is 24.8 Å². The average Bonchev–Trinajstić information content (AvgIpc) is 3.24. The molecule has 18 heavy (non-hydrogen) atoms. The maximum atomic E-state index is 5.89. The van der Waals surface area contributed by atoms with Gasteiger partial charge in [0.1, 0.15) is 17.7 Å². The fraction of sp³-hybridized carbons (Fsp3) is 0.667. The molecule has 0 unspecified atom stereocenters. The minimum Gasteiger partial charge on any atom is -0.474 e. The quantitative estimate of drug-likeness (QED) is 0.617.